The number of phenols is 1. The molecule has 0 spiro atoms. The van der Waals surface area contributed by atoms with Crippen LogP contribution in [0.5, 0.6) is 5.75 Å². The summed E-state index contributed by atoms with van der Waals surface area (Å²) in [7, 11) is 0. The van der Waals surface area contributed by atoms with Crippen LogP contribution in [0.2, 0.25) is 5.02 Å². The summed E-state index contributed by atoms with van der Waals surface area (Å²) in [6.45, 7) is 6.00. The largest absolute Gasteiger partial charge is 0.508 e. The molecule has 1 N–H and O–H groups in total. The van der Waals surface area contributed by atoms with E-state index in [0.29, 0.717) is 11.6 Å². The Labute approximate surface area is 170 Å². The third-order valence-corrected chi connectivity index (χ3v) is 5.43. The number of carbonyl (C=O) groups excluding carboxylic acids is 1. The Hall–Kier alpha value is -2.11. The maximum atomic E-state index is 13.3. The molecule has 1 aliphatic heterocycles. The highest BCUT2D eigenvalue weighted by atomic mass is 35.5. The van der Waals surface area contributed by atoms with E-state index in [2.05, 4.69) is 4.90 Å². The first kappa shape index (κ1) is 20.6. The lowest BCUT2D eigenvalue weighted by molar-refractivity contribution is -0.122. The Bertz CT molecular complexity index is 818. The van der Waals surface area contributed by atoms with Crippen LogP contribution in [0.4, 0.5) is 10.1 Å². The predicted octanol–water partition coefficient (Wildman–Crippen LogP) is 4.84. The van der Waals surface area contributed by atoms with Crippen LogP contribution < -0.4 is 4.90 Å². The van der Waals surface area contributed by atoms with Crippen molar-refractivity contribution in [3.8, 4) is 5.75 Å². The second-order valence-electron chi connectivity index (χ2n) is 7.62. The second kappa shape index (κ2) is 8.93. The normalized spacial score (nSPS) is 15.8. The van der Waals surface area contributed by atoms with Crippen LogP contribution in [0.15, 0.2) is 42.5 Å². The lowest BCUT2D eigenvalue weighted by Gasteiger charge is -2.39. The van der Waals surface area contributed by atoms with Gasteiger partial charge in [0, 0.05) is 47.9 Å². The van der Waals surface area contributed by atoms with E-state index in [1.165, 1.54) is 12.1 Å². The molecular formula is C22H26ClFN2O2. The fourth-order valence-corrected chi connectivity index (χ4v) is 3.85. The highest BCUT2D eigenvalue weighted by Gasteiger charge is 2.30. The fraction of sp³-hybridized carbons (Fsp3) is 0.409. The molecule has 0 aromatic heterocycles. The zero-order chi connectivity index (χ0) is 20.3. The molecular weight excluding hydrogens is 379 g/mol. The van der Waals surface area contributed by atoms with Gasteiger partial charge in [-0.25, -0.2) is 4.39 Å². The van der Waals surface area contributed by atoms with E-state index in [1.54, 1.807) is 30.3 Å². The Morgan fingerprint density at radius 2 is 1.86 bits per heavy atom. The number of nitrogens with zero attached hydrogens (tertiary/aromatic N) is 2. The Morgan fingerprint density at radius 3 is 2.46 bits per heavy atom. The molecule has 28 heavy (non-hydrogen) atoms. The number of piperidine rings is 1. The first-order valence-electron chi connectivity index (χ1n) is 9.63. The summed E-state index contributed by atoms with van der Waals surface area (Å²) in [5.41, 5.74) is 1.55. The SMILES string of the molecule is CC(C)C(=O)N(c1ccc(F)cc1)C1CCN(Cc2cc(Cl)ccc2O)CC1. The fourth-order valence-electron chi connectivity index (χ4n) is 3.66. The van der Waals surface area contributed by atoms with E-state index in [-0.39, 0.29) is 29.4 Å². The summed E-state index contributed by atoms with van der Waals surface area (Å²) < 4.78 is 13.3. The van der Waals surface area contributed by atoms with E-state index < -0.39 is 0 Å². The molecule has 1 fully saturated rings. The number of phenolic OH excluding ortho intramolecular Hbond substituents is 1. The number of halogens is 2. The Kier molecular flexibility index (Phi) is 6.57. The van der Waals surface area contributed by atoms with Crippen molar-refractivity contribution in [1.29, 1.82) is 0 Å². The van der Waals surface area contributed by atoms with Gasteiger partial charge in [-0.2, -0.15) is 0 Å². The molecule has 1 heterocycles. The molecule has 1 saturated heterocycles. The standard InChI is InChI=1S/C22H26ClFN2O2/c1-15(2)22(28)26(19-6-4-18(24)5-7-19)20-9-11-25(12-10-20)14-16-13-17(23)3-8-21(16)27/h3-8,13,15,20,27H,9-12,14H2,1-2H3. The molecule has 0 atom stereocenters. The van der Waals surface area contributed by atoms with Crippen molar-refractivity contribution in [1.82, 2.24) is 4.90 Å². The lowest BCUT2D eigenvalue weighted by atomic mass is 9.99. The van der Waals surface area contributed by atoms with Crippen LogP contribution in [-0.4, -0.2) is 35.0 Å². The lowest BCUT2D eigenvalue weighted by Crippen LogP contribution is -2.48. The van der Waals surface area contributed by atoms with Gasteiger partial charge in [-0.05, 0) is 55.3 Å². The second-order valence-corrected chi connectivity index (χ2v) is 8.06. The van der Waals surface area contributed by atoms with Crippen LogP contribution in [0.1, 0.15) is 32.3 Å². The Balaban J connectivity index is 1.70. The third kappa shape index (κ3) is 4.83. The minimum Gasteiger partial charge on any atom is -0.508 e. The number of aromatic hydroxyl groups is 1. The van der Waals surface area contributed by atoms with E-state index in [4.69, 9.17) is 11.6 Å². The number of likely N-dealkylation sites (tertiary alicyclic amines) is 1. The summed E-state index contributed by atoms with van der Waals surface area (Å²) >= 11 is 6.04. The molecule has 0 aliphatic carbocycles. The van der Waals surface area contributed by atoms with Gasteiger partial charge in [-0.1, -0.05) is 25.4 Å². The van der Waals surface area contributed by atoms with Crippen LogP contribution in [0.25, 0.3) is 0 Å². The number of amides is 1. The number of hydrogen-bond donors (Lipinski definition) is 1. The average Bonchev–Trinajstić information content (AvgIpc) is 2.67. The van der Waals surface area contributed by atoms with Crippen LogP contribution in [0, 0.1) is 11.7 Å². The quantitative estimate of drug-likeness (QED) is 0.775. The summed E-state index contributed by atoms with van der Waals surface area (Å²) in [5, 5.41) is 10.6. The van der Waals surface area contributed by atoms with Crippen molar-refractivity contribution in [3.63, 3.8) is 0 Å². The molecule has 3 rings (SSSR count). The van der Waals surface area contributed by atoms with Gasteiger partial charge >= 0.3 is 0 Å². The van der Waals surface area contributed by atoms with Gasteiger partial charge in [0.05, 0.1) is 0 Å². The first-order valence-corrected chi connectivity index (χ1v) is 10.0. The molecule has 4 nitrogen and oxygen atoms in total. The molecule has 0 unspecified atom stereocenters. The van der Waals surface area contributed by atoms with Gasteiger partial charge < -0.3 is 10.0 Å². The highest BCUT2D eigenvalue weighted by Crippen LogP contribution is 2.28. The highest BCUT2D eigenvalue weighted by molar-refractivity contribution is 6.30. The third-order valence-electron chi connectivity index (χ3n) is 5.19. The minimum atomic E-state index is -0.308. The van der Waals surface area contributed by atoms with Gasteiger partial charge in [-0.15, -0.1) is 0 Å². The zero-order valence-corrected chi connectivity index (χ0v) is 17.0. The Morgan fingerprint density at radius 1 is 1.21 bits per heavy atom. The van der Waals surface area contributed by atoms with Gasteiger partial charge in [-0.3, -0.25) is 9.69 Å². The van der Waals surface area contributed by atoms with Gasteiger partial charge in [0.25, 0.3) is 0 Å². The van der Waals surface area contributed by atoms with E-state index >= 15 is 0 Å². The molecule has 2 aromatic rings. The molecule has 1 aliphatic rings. The van der Waals surface area contributed by atoms with E-state index in [9.17, 15) is 14.3 Å². The van der Waals surface area contributed by atoms with Crippen molar-refractivity contribution in [2.24, 2.45) is 5.92 Å². The van der Waals surface area contributed by atoms with Gasteiger partial charge in [0.1, 0.15) is 11.6 Å². The molecule has 0 saturated carbocycles. The molecule has 0 radical (unpaired) electrons. The summed E-state index contributed by atoms with van der Waals surface area (Å²) in [5.74, 6) is -0.143. The topological polar surface area (TPSA) is 43.8 Å². The van der Waals surface area contributed by atoms with E-state index in [1.807, 2.05) is 18.7 Å². The monoisotopic (exact) mass is 404 g/mol. The smallest absolute Gasteiger partial charge is 0.229 e. The van der Waals surface area contributed by atoms with Crippen molar-refractivity contribution in [2.45, 2.75) is 39.3 Å². The van der Waals surface area contributed by atoms with Gasteiger partial charge in [0.2, 0.25) is 5.91 Å². The van der Waals surface area contributed by atoms with Crippen molar-refractivity contribution in [3.05, 3.63) is 58.9 Å². The van der Waals surface area contributed by atoms with Crippen molar-refractivity contribution in [2.75, 3.05) is 18.0 Å². The molecule has 150 valence electrons. The number of anilines is 1. The maximum Gasteiger partial charge on any atom is 0.229 e. The number of rotatable bonds is 5. The summed E-state index contributed by atoms with van der Waals surface area (Å²) in [4.78, 5) is 16.9. The van der Waals surface area contributed by atoms with Crippen LogP contribution in [-0.2, 0) is 11.3 Å². The summed E-state index contributed by atoms with van der Waals surface area (Å²) in [6, 6.07) is 11.3. The minimum absolute atomic E-state index is 0.0533. The zero-order valence-electron chi connectivity index (χ0n) is 16.2. The van der Waals surface area contributed by atoms with Gasteiger partial charge in [0.15, 0.2) is 0 Å². The number of hydrogen-bond acceptors (Lipinski definition) is 3. The van der Waals surface area contributed by atoms with Crippen molar-refractivity contribution < 1.29 is 14.3 Å². The molecule has 2 aromatic carbocycles. The van der Waals surface area contributed by atoms with Crippen molar-refractivity contribution >= 4 is 23.2 Å². The number of carbonyl (C=O) groups is 1. The van der Waals surface area contributed by atoms with Crippen LogP contribution in [0.3, 0.4) is 0 Å². The first-order chi connectivity index (χ1) is 13.3. The predicted molar refractivity (Wildman–Crippen MR) is 110 cm³/mol. The van der Waals surface area contributed by atoms with E-state index in [0.717, 1.165) is 37.2 Å². The van der Waals surface area contributed by atoms with Crippen LogP contribution >= 0.6 is 11.6 Å². The number of benzene rings is 2. The molecule has 1 amide bonds. The summed E-state index contributed by atoms with van der Waals surface area (Å²) in [6.07, 6.45) is 1.63. The molecule has 0 bridgehead atoms. The maximum absolute atomic E-state index is 13.3. The molecule has 6 heteroatoms. The average molecular weight is 405 g/mol.